The number of piperazine rings is 1. The summed E-state index contributed by atoms with van der Waals surface area (Å²) in [6.07, 6.45) is 0. The first-order valence-electron chi connectivity index (χ1n) is 6.62. The first kappa shape index (κ1) is 12.3. The molecule has 2 aromatic rings. The summed E-state index contributed by atoms with van der Waals surface area (Å²) in [7, 11) is 0. The number of hydrogen-bond donors (Lipinski definition) is 1. The lowest BCUT2D eigenvalue weighted by molar-refractivity contribution is 0.148. The van der Waals surface area contributed by atoms with E-state index >= 15 is 0 Å². The Labute approximate surface area is 112 Å². The molecule has 0 radical (unpaired) electrons. The van der Waals surface area contributed by atoms with E-state index in [0.29, 0.717) is 11.9 Å². The van der Waals surface area contributed by atoms with Crippen molar-refractivity contribution in [3.63, 3.8) is 0 Å². The Bertz CT molecular complexity index is 525. The van der Waals surface area contributed by atoms with Crippen LogP contribution in [-0.4, -0.2) is 34.7 Å². The molecule has 19 heavy (non-hydrogen) atoms. The molecule has 0 spiro atoms. The maximum absolute atomic E-state index is 5.04. The Hall–Kier alpha value is -1.72. The summed E-state index contributed by atoms with van der Waals surface area (Å²) in [4.78, 5) is 6.69. The summed E-state index contributed by atoms with van der Waals surface area (Å²) in [6.45, 7) is 5.51. The molecule has 5 nitrogen and oxygen atoms in total. The number of aromatic nitrogens is 2. The van der Waals surface area contributed by atoms with Crippen molar-refractivity contribution in [2.45, 2.75) is 19.5 Å². The van der Waals surface area contributed by atoms with Crippen LogP contribution in [0, 0.1) is 6.92 Å². The van der Waals surface area contributed by atoms with E-state index in [1.54, 1.807) is 0 Å². The lowest BCUT2D eigenvalue weighted by Crippen LogP contribution is -2.45. The second-order valence-electron chi connectivity index (χ2n) is 4.83. The van der Waals surface area contributed by atoms with Crippen molar-refractivity contribution in [2.24, 2.45) is 0 Å². The topological polar surface area (TPSA) is 54.2 Å². The van der Waals surface area contributed by atoms with Gasteiger partial charge in [0.05, 0.1) is 6.54 Å². The number of nitrogens with one attached hydrogen (secondary N) is 1. The highest BCUT2D eigenvalue weighted by Crippen LogP contribution is 2.23. The molecule has 3 rings (SSSR count). The number of aryl methyl sites for hydroxylation is 1. The first-order valence-corrected chi connectivity index (χ1v) is 6.62. The fraction of sp³-hybridized carbons (Fsp3) is 0.429. The van der Waals surface area contributed by atoms with Gasteiger partial charge in [-0.15, -0.1) is 0 Å². The molecule has 0 aliphatic carbocycles. The molecular weight excluding hydrogens is 240 g/mol. The third kappa shape index (κ3) is 2.83. The number of benzene rings is 1. The van der Waals surface area contributed by atoms with Crippen LogP contribution in [0.2, 0.25) is 0 Å². The fourth-order valence-corrected chi connectivity index (χ4v) is 2.53. The van der Waals surface area contributed by atoms with Crippen molar-refractivity contribution < 1.29 is 4.52 Å². The van der Waals surface area contributed by atoms with Gasteiger partial charge in [0, 0.05) is 32.6 Å². The average Bonchev–Trinajstić information content (AvgIpc) is 2.86. The van der Waals surface area contributed by atoms with Gasteiger partial charge in [0.25, 0.3) is 0 Å². The van der Waals surface area contributed by atoms with Crippen molar-refractivity contribution >= 4 is 0 Å². The van der Waals surface area contributed by atoms with Gasteiger partial charge in [0.1, 0.15) is 0 Å². The molecule has 0 amide bonds. The zero-order valence-electron chi connectivity index (χ0n) is 11.0. The zero-order chi connectivity index (χ0) is 13.1. The van der Waals surface area contributed by atoms with Crippen LogP contribution in [0.15, 0.2) is 34.9 Å². The molecule has 1 unspecified atom stereocenters. The molecule has 0 bridgehead atoms. The minimum atomic E-state index is 0.369. The van der Waals surface area contributed by atoms with Gasteiger partial charge >= 0.3 is 0 Å². The first-order chi connectivity index (χ1) is 9.33. The largest absolute Gasteiger partial charge is 0.340 e. The second-order valence-corrected chi connectivity index (χ2v) is 4.83. The molecule has 1 atom stereocenters. The third-order valence-electron chi connectivity index (χ3n) is 3.45. The molecule has 1 fully saturated rings. The van der Waals surface area contributed by atoms with E-state index in [2.05, 4.69) is 44.6 Å². The van der Waals surface area contributed by atoms with Crippen LogP contribution in [0.3, 0.4) is 0 Å². The normalized spacial score (nSPS) is 20.6. The molecule has 100 valence electrons. The van der Waals surface area contributed by atoms with E-state index in [-0.39, 0.29) is 0 Å². The smallest absolute Gasteiger partial charge is 0.223 e. The van der Waals surface area contributed by atoms with E-state index < -0.39 is 0 Å². The summed E-state index contributed by atoms with van der Waals surface area (Å²) in [5.74, 6) is 1.39. The molecule has 2 heterocycles. The molecule has 1 aliphatic rings. The quantitative estimate of drug-likeness (QED) is 0.904. The highest BCUT2D eigenvalue weighted by Gasteiger charge is 2.24. The van der Waals surface area contributed by atoms with Gasteiger partial charge in [-0.1, -0.05) is 35.5 Å². The summed E-state index contributed by atoms with van der Waals surface area (Å²) in [5, 5.41) is 7.44. The van der Waals surface area contributed by atoms with Crippen LogP contribution in [0.1, 0.15) is 23.3 Å². The molecule has 5 heteroatoms. The van der Waals surface area contributed by atoms with Crippen LogP contribution < -0.4 is 5.32 Å². The molecular formula is C14H18N4O. The lowest BCUT2D eigenvalue weighted by atomic mass is 10.0. The molecule has 1 aliphatic heterocycles. The van der Waals surface area contributed by atoms with Crippen LogP contribution in [0.25, 0.3) is 0 Å². The Balaban J connectivity index is 1.77. The monoisotopic (exact) mass is 258 g/mol. The Morgan fingerprint density at radius 1 is 1.37 bits per heavy atom. The van der Waals surface area contributed by atoms with Crippen molar-refractivity contribution in [3.05, 3.63) is 47.6 Å². The van der Waals surface area contributed by atoms with Crippen LogP contribution >= 0.6 is 0 Å². The van der Waals surface area contributed by atoms with Gasteiger partial charge in [0.15, 0.2) is 5.82 Å². The summed E-state index contributed by atoms with van der Waals surface area (Å²) < 4.78 is 5.04. The minimum absolute atomic E-state index is 0.369. The number of hydrogen-bond acceptors (Lipinski definition) is 5. The molecule has 1 saturated heterocycles. The SMILES string of the molecule is Cc1nc(CN2CCNCC2c2ccccc2)no1. The Kier molecular flexibility index (Phi) is 3.57. The van der Waals surface area contributed by atoms with Gasteiger partial charge in [-0.3, -0.25) is 4.90 Å². The van der Waals surface area contributed by atoms with Crippen LogP contribution in [-0.2, 0) is 6.54 Å². The maximum atomic E-state index is 5.04. The van der Waals surface area contributed by atoms with Crippen molar-refractivity contribution in [3.8, 4) is 0 Å². The van der Waals surface area contributed by atoms with E-state index in [0.717, 1.165) is 32.0 Å². The highest BCUT2D eigenvalue weighted by atomic mass is 16.5. The van der Waals surface area contributed by atoms with Crippen molar-refractivity contribution in [2.75, 3.05) is 19.6 Å². The summed E-state index contributed by atoms with van der Waals surface area (Å²) >= 11 is 0. The van der Waals surface area contributed by atoms with Crippen LogP contribution in [0.5, 0.6) is 0 Å². The molecule has 1 aromatic carbocycles. The molecule has 1 N–H and O–H groups in total. The van der Waals surface area contributed by atoms with Gasteiger partial charge in [0.2, 0.25) is 5.89 Å². The zero-order valence-corrected chi connectivity index (χ0v) is 11.0. The second kappa shape index (κ2) is 5.50. The van der Waals surface area contributed by atoms with E-state index in [9.17, 15) is 0 Å². The number of rotatable bonds is 3. The van der Waals surface area contributed by atoms with Crippen molar-refractivity contribution in [1.29, 1.82) is 0 Å². The average molecular weight is 258 g/mol. The maximum Gasteiger partial charge on any atom is 0.223 e. The summed E-state index contributed by atoms with van der Waals surface area (Å²) in [5.41, 5.74) is 1.33. The highest BCUT2D eigenvalue weighted by molar-refractivity contribution is 5.20. The predicted molar refractivity (Wildman–Crippen MR) is 71.5 cm³/mol. The van der Waals surface area contributed by atoms with Gasteiger partial charge in [-0.25, -0.2) is 0 Å². The van der Waals surface area contributed by atoms with E-state index in [1.807, 2.05) is 13.0 Å². The van der Waals surface area contributed by atoms with Gasteiger partial charge < -0.3 is 9.84 Å². The van der Waals surface area contributed by atoms with Crippen molar-refractivity contribution in [1.82, 2.24) is 20.4 Å². The van der Waals surface area contributed by atoms with E-state index in [4.69, 9.17) is 4.52 Å². The molecule has 0 saturated carbocycles. The standard InChI is InChI=1S/C14H18N4O/c1-11-16-14(17-19-11)10-18-8-7-15-9-13(18)12-5-3-2-4-6-12/h2-6,13,15H,7-10H2,1H3. The van der Waals surface area contributed by atoms with Crippen LogP contribution in [0.4, 0.5) is 0 Å². The van der Waals surface area contributed by atoms with Gasteiger partial charge in [-0.2, -0.15) is 4.98 Å². The predicted octanol–water partition coefficient (Wildman–Crippen LogP) is 1.52. The van der Waals surface area contributed by atoms with Gasteiger partial charge in [-0.05, 0) is 5.56 Å². The third-order valence-corrected chi connectivity index (χ3v) is 3.45. The van der Waals surface area contributed by atoms with E-state index in [1.165, 1.54) is 5.56 Å². The fourth-order valence-electron chi connectivity index (χ4n) is 2.53. The molecule has 1 aromatic heterocycles. The minimum Gasteiger partial charge on any atom is -0.340 e. The number of nitrogens with zero attached hydrogens (tertiary/aromatic N) is 3. The summed E-state index contributed by atoms with van der Waals surface area (Å²) in [6, 6.07) is 10.9. The Morgan fingerprint density at radius 3 is 2.95 bits per heavy atom. The lowest BCUT2D eigenvalue weighted by Gasteiger charge is -2.35. The Morgan fingerprint density at radius 2 is 2.21 bits per heavy atom.